The number of aliphatic carboxylic acids is 1. The van der Waals surface area contributed by atoms with E-state index in [1.807, 2.05) is 0 Å². The van der Waals surface area contributed by atoms with Crippen molar-refractivity contribution in [3.05, 3.63) is 35.1 Å². The molecule has 1 atom stereocenters. The zero-order chi connectivity index (χ0) is 13.9. The summed E-state index contributed by atoms with van der Waals surface area (Å²) in [5, 5.41) is 18.5. The molecule has 18 heavy (non-hydrogen) atoms. The molecule has 0 aliphatic rings. The average molecular weight is 255 g/mol. The van der Waals surface area contributed by atoms with Crippen LogP contribution in [0, 0.1) is 12.7 Å². The van der Waals surface area contributed by atoms with E-state index in [4.69, 9.17) is 5.11 Å². The fraction of sp³-hybridized carbons (Fsp3) is 0.462. The van der Waals surface area contributed by atoms with Gasteiger partial charge in [0, 0.05) is 13.1 Å². The molecular weight excluding hydrogens is 237 g/mol. The SMILES string of the molecule is Cc1cc(F)ccc1CN(C)CC(C)(O)C(=O)O. The molecule has 0 aliphatic carbocycles. The molecule has 0 spiro atoms. The number of nitrogens with zero attached hydrogens (tertiary/aromatic N) is 1. The summed E-state index contributed by atoms with van der Waals surface area (Å²) in [4.78, 5) is 12.5. The van der Waals surface area contributed by atoms with Crippen molar-refractivity contribution in [1.29, 1.82) is 0 Å². The van der Waals surface area contributed by atoms with E-state index in [1.54, 1.807) is 24.9 Å². The lowest BCUT2D eigenvalue weighted by Gasteiger charge is -2.25. The molecular formula is C13H18FNO3. The van der Waals surface area contributed by atoms with Crippen molar-refractivity contribution < 1.29 is 19.4 Å². The number of rotatable bonds is 5. The summed E-state index contributed by atoms with van der Waals surface area (Å²) in [5.41, 5.74) is -0.0835. The number of hydrogen-bond acceptors (Lipinski definition) is 3. The van der Waals surface area contributed by atoms with Crippen LogP contribution in [0.1, 0.15) is 18.1 Å². The fourth-order valence-corrected chi connectivity index (χ4v) is 1.78. The van der Waals surface area contributed by atoms with E-state index < -0.39 is 11.6 Å². The van der Waals surface area contributed by atoms with Crippen LogP contribution in [0.15, 0.2) is 18.2 Å². The second-order valence-electron chi connectivity index (χ2n) is 4.82. The van der Waals surface area contributed by atoms with Gasteiger partial charge in [0.25, 0.3) is 0 Å². The Balaban J connectivity index is 2.70. The number of aliphatic hydroxyl groups is 1. The van der Waals surface area contributed by atoms with Crippen molar-refractivity contribution in [2.75, 3.05) is 13.6 Å². The average Bonchev–Trinajstić information content (AvgIpc) is 2.21. The van der Waals surface area contributed by atoms with Crippen LogP contribution in [0.4, 0.5) is 4.39 Å². The van der Waals surface area contributed by atoms with Crippen molar-refractivity contribution in [3.63, 3.8) is 0 Å². The largest absolute Gasteiger partial charge is 0.479 e. The summed E-state index contributed by atoms with van der Waals surface area (Å²) in [6.45, 7) is 3.50. The molecule has 0 aliphatic heterocycles. The number of benzene rings is 1. The van der Waals surface area contributed by atoms with E-state index in [-0.39, 0.29) is 12.4 Å². The van der Waals surface area contributed by atoms with Crippen LogP contribution in [0.25, 0.3) is 0 Å². The first-order chi connectivity index (χ1) is 8.22. The second kappa shape index (κ2) is 5.46. The Morgan fingerprint density at radius 3 is 2.61 bits per heavy atom. The van der Waals surface area contributed by atoms with Gasteiger partial charge in [0.1, 0.15) is 5.82 Å². The highest BCUT2D eigenvalue weighted by atomic mass is 19.1. The number of carbonyl (C=O) groups is 1. The molecule has 1 aromatic rings. The maximum Gasteiger partial charge on any atom is 0.336 e. The Morgan fingerprint density at radius 2 is 2.11 bits per heavy atom. The van der Waals surface area contributed by atoms with E-state index in [0.29, 0.717) is 6.54 Å². The number of aryl methyl sites for hydroxylation is 1. The van der Waals surface area contributed by atoms with Gasteiger partial charge in [0.2, 0.25) is 0 Å². The highest BCUT2D eigenvalue weighted by Gasteiger charge is 2.31. The third-order valence-electron chi connectivity index (χ3n) is 2.78. The minimum absolute atomic E-state index is 0.000843. The Hall–Kier alpha value is -1.46. The van der Waals surface area contributed by atoms with Crippen LogP contribution in [-0.2, 0) is 11.3 Å². The highest BCUT2D eigenvalue weighted by Crippen LogP contribution is 2.14. The molecule has 1 aromatic carbocycles. The number of likely N-dealkylation sites (N-methyl/N-ethyl adjacent to an activating group) is 1. The molecule has 0 bridgehead atoms. The molecule has 0 saturated carbocycles. The maximum absolute atomic E-state index is 12.9. The molecule has 1 unspecified atom stereocenters. The first kappa shape index (κ1) is 14.6. The van der Waals surface area contributed by atoms with Gasteiger partial charge < -0.3 is 10.2 Å². The van der Waals surface area contributed by atoms with Gasteiger partial charge in [-0.1, -0.05) is 6.07 Å². The van der Waals surface area contributed by atoms with Gasteiger partial charge in [-0.15, -0.1) is 0 Å². The van der Waals surface area contributed by atoms with Crippen LogP contribution >= 0.6 is 0 Å². The van der Waals surface area contributed by atoms with Crippen molar-refractivity contribution >= 4 is 5.97 Å². The number of hydrogen-bond donors (Lipinski definition) is 2. The van der Waals surface area contributed by atoms with E-state index in [1.165, 1.54) is 19.1 Å². The summed E-state index contributed by atoms with van der Waals surface area (Å²) in [6.07, 6.45) is 0. The van der Waals surface area contributed by atoms with Gasteiger partial charge in [0.15, 0.2) is 5.60 Å². The minimum atomic E-state index is -1.79. The molecule has 5 heteroatoms. The monoisotopic (exact) mass is 255 g/mol. The van der Waals surface area contributed by atoms with Crippen molar-refractivity contribution in [1.82, 2.24) is 4.90 Å². The lowest BCUT2D eigenvalue weighted by Crippen LogP contribution is -2.45. The summed E-state index contributed by atoms with van der Waals surface area (Å²) in [7, 11) is 1.71. The Morgan fingerprint density at radius 1 is 1.50 bits per heavy atom. The van der Waals surface area contributed by atoms with E-state index in [2.05, 4.69) is 0 Å². The summed E-state index contributed by atoms with van der Waals surface area (Å²) >= 11 is 0. The predicted octanol–water partition coefficient (Wildman–Crippen LogP) is 1.40. The lowest BCUT2D eigenvalue weighted by atomic mass is 10.1. The first-order valence-electron chi connectivity index (χ1n) is 5.62. The van der Waals surface area contributed by atoms with Crippen molar-refractivity contribution in [3.8, 4) is 0 Å². The van der Waals surface area contributed by atoms with Crippen LogP contribution in [0.5, 0.6) is 0 Å². The Kier molecular flexibility index (Phi) is 4.43. The first-order valence-corrected chi connectivity index (χ1v) is 5.62. The molecule has 0 amide bonds. The molecule has 0 heterocycles. The third kappa shape index (κ3) is 3.78. The summed E-state index contributed by atoms with van der Waals surface area (Å²) < 4.78 is 12.9. The van der Waals surface area contributed by atoms with Gasteiger partial charge in [-0.3, -0.25) is 4.90 Å². The second-order valence-corrected chi connectivity index (χ2v) is 4.82. The van der Waals surface area contributed by atoms with Crippen LogP contribution in [-0.4, -0.2) is 40.3 Å². The normalized spacial score (nSPS) is 14.6. The van der Waals surface area contributed by atoms with E-state index in [0.717, 1.165) is 11.1 Å². The molecule has 1 rings (SSSR count). The van der Waals surface area contributed by atoms with Crippen LogP contribution in [0.2, 0.25) is 0 Å². The van der Waals surface area contributed by atoms with Gasteiger partial charge in [0.05, 0.1) is 0 Å². The molecule has 0 radical (unpaired) electrons. The zero-order valence-electron chi connectivity index (χ0n) is 10.8. The number of halogens is 1. The standard InChI is InChI=1S/C13H18FNO3/c1-9-6-11(14)5-4-10(9)7-15(3)8-13(2,18)12(16)17/h4-6,18H,7-8H2,1-3H3,(H,16,17). The molecule has 0 aromatic heterocycles. The molecule has 0 fully saturated rings. The third-order valence-corrected chi connectivity index (χ3v) is 2.78. The highest BCUT2D eigenvalue weighted by molar-refractivity contribution is 5.76. The molecule has 4 nitrogen and oxygen atoms in total. The summed E-state index contributed by atoms with van der Waals surface area (Å²) in [5.74, 6) is -1.55. The predicted molar refractivity (Wildman–Crippen MR) is 65.7 cm³/mol. The lowest BCUT2D eigenvalue weighted by molar-refractivity contribution is -0.158. The topological polar surface area (TPSA) is 60.8 Å². The maximum atomic E-state index is 12.9. The van der Waals surface area contributed by atoms with E-state index >= 15 is 0 Å². The summed E-state index contributed by atoms with van der Waals surface area (Å²) in [6, 6.07) is 4.46. The van der Waals surface area contributed by atoms with E-state index in [9.17, 15) is 14.3 Å². The number of carboxylic acid groups (broad SMARTS) is 1. The molecule has 2 N–H and O–H groups in total. The molecule has 0 saturated heterocycles. The Bertz CT molecular complexity index is 446. The van der Waals surface area contributed by atoms with Crippen LogP contribution in [0.3, 0.4) is 0 Å². The molecule has 100 valence electrons. The van der Waals surface area contributed by atoms with Gasteiger partial charge in [-0.2, -0.15) is 0 Å². The Labute approximate surface area is 106 Å². The number of carboxylic acids is 1. The fourth-order valence-electron chi connectivity index (χ4n) is 1.78. The minimum Gasteiger partial charge on any atom is -0.479 e. The van der Waals surface area contributed by atoms with Crippen molar-refractivity contribution in [2.24, 2.45) is 0 Å². The van der Waals surface area contributed by atoms with Gasteiger partial charge in [-0.05, 0) is 44.2 Å². The zero-order valence-corrected chi connectivity index (χ0v) is 10.8. The van der Waals surface area contributed by atoms with Crippen LogP contribution < -0.4 is 0 Å². The quantitative estimate of drug-likeness (QED) is 0.835. The smallest absolute Gasteiger partial charge is 0.336 e. The van der Waals surface area contributed by atoms with Gasteiger partial charge in [-0.25, -0.2) is 9.18 Å². The van der Waals surface area contributed by atoms with Crippen molar-refractivity contribution in [2.45, 2.75) is 26.0 Å². The van der Waals surface area contributed by atoms with Gasteiger partial charge >= 0.3 is 5.97 Å².